The van der Waals surface area contributed by atoms with Gasteiger partial charge in [-0.05, 0) is 47.9 Å². The fourth-order valence-corrected chi connectivity index (χ4v) is 3.88. The molecule has 0 heterocycles. The molecule has 92 valence electrons. The van der Waals surface area contributed by atoms with Crippen LogP contribution in [0.5, 0.6) is 0 Å². The molecule has 0 bridgehead atoms. The Bertz CT molecular complexity index is 565. The van der Waals surface area contributed by atoms with Crippen molar-refractivity contribution >= 4 is 5.78 Å². The summed E-state index contributed by atoms with van der Waals surface area (Å²) in [5.41, 5.74) is 2.81. The smallest absolute Gasteiger partial charge is 0.166 e. The van der Waals surface area contributed by atoms with Gasteiger partial charge < -0.3 is 0 Å². The Kier molecular flexibility index (Phi) is 2.35. The SMILES string of the molecule is CC1(C)CCC[C@@H]2C(=O)c3ccc(C#N)cc3[C@@H]21. The second kappa shape index (κ2) is 3.68. The first-order valence-electron chi connectivity index (χ1n) is 6.63. The minimum absolute atomic E-state index is 0.151. The van der Waals surface area contributed by atoms with Crippen LogP contribution in [0.25, 0.3) is 0 Å². The molecule has 18 heavy (non-hydrogen) atoms. The number of fused-ring (bicyclic) bond motifs is 3. The van der Waals surface area contributed by atoms with E-state index in [4.69, 9.17) is 5.26 Å². The van der Waals surface area contributed by atoms with Crippen molar-refractivity contribution < 1.29 is 4.79 Å². The molecule has 0 aromatic heterocycles. The van der Waals surface area contributed by atoms with Gasteiger partial charge in [-0.3, -0.25) is 4.79 Å². The monoisotopic (exact) mass is 239 g/mol. The van der Waals surface area contributed by atoms with Gasteiger partial charge in [0, 0.05) is 11.5 Å². The predicted octanol–water partition coefficient (Wildman–Crippen LogP) is 3.66. The van der Waals surface area contributed by atoms with Crippen molar-refractivity contribution in [3.63, 3.8) is 0 Å². The third-order valence-electron chi connectivity index (χ3n) is 4.70. The van der Waals surface area contributed by atoms with Crippen molar-refractivity contribution in [2.45, 2.75) is 39.0 Å². The molecule has 0 saturated heterocycles. The van der Waals surface area contributed by atoms with Crippen LogP contribution in [0, 0.1) is 22.7 Å². The molecule has 1 aromatic rings. The standard InChI is InChI=1S/C16H17NO/c1-16(2)7-3-4-12-14(16)13-8-10(9-17)5-6-11(13)15(12)18/h5-6,8,12,14H,3-4,7H2,1-2H3/t12-,14+/m0/s1. The average molecular weight is 239 g/mol. The zero-order chi connectivity index (χ0) is 12.9. The lowest BCUT2D eigenvalue weighted by molar-refractivity contribution is 0.0794. The minimum atomic E-state index is 0.151. The number of Topliss-reactive ketones (excluding diaryl/α,β-unsaturated/α-hetero) is 1. The van der Waals surface area contributed by atoms with E-state index in [2.05, 4.69) is 19.9 Å². The van der Waals surface area contributed by atoms with Crippen molar-refractivity contribution in [2.24, 2.45) is 11.3 Å². The highest BCUT2D eigenvalue weighted by atomic mass is 16.1. The molecule has 0 amide bonds. The number of hydrogen-bond donors (Lipinski definition) is 0. The maximum Gasteiger partial charge on any atom is 0.166 e. The summed E-state index contributed by atoms with van der Waals surface area (Å²) in [6.07, 6.45) is 3.31. The number of carbonyl (C=O) groups excluding carboxylic acids is 1. The lowest BCUT2D eigenvalue weighted by atomic mass is 9.63. The van der Waals surface area contributed by atoms with E-state index in [0.717, 1.165) is 30.4 Å². The summed E-state index contributed by atoms with van der Waals surface area (Å²) in [6.45, 7) is 4.51. The Hall–Kier alpha value is -1.62. The van der Waals surface area contributed by atoms with Crippen LogP contribution in [0.3, 0.4) is 0 Å². The van der Waals surface area contributed by atoms with E-state index >= 15 is 0 Å². The van der Waals surface area contributed by atoms with Crippen LogP contribution in [0.15, 0.2) is 18.2 Å². The first-order valence-corrected chi connectivity index (χ1v) is 6.63. The molecular weight excluding hydrogens is 222 g/mol. The number of hydrogen-bond acceptors (Lipinski definition) is 2. The Morgan fingerprint density at radius 1 is 1.39 bits per heavy atom. The molecule has 0 spiro atoms. The molecule has 1 saturated carbocycles. The summed E-state index contributed by atoms with van der Waals surface area (Å²) in [6, 6.07) is 7.74. The molecule has 0 unspecified atom stereocenters. The summed E-state index contributed by atoms with van der Waals surface area (Å²) in [7, 11) is 0. The van der Waals surface area contributed by atoms with Crippen LogP contribution in [0.1, 0.15) is 60.5 Å². The van der Waals surface area contributed by atoms with E-state index in [1.54, 1.807) is 6.07 Å². The molecule has 2 heteroatoms. The summed E-state index contributed by atoms with van der Waals surface area (Å²) in [5.74, 6) is 0.756. The Morgan fingerprint density at radius 3 is 2.89 bits per heavy atom. The molecular formula is C16H17NO. The first-order chi connectivity index (χ1) is 8.54. The second-order valence-electron chi connectivity index (χ2n) is 6.24. The Labute approximate surface area is 108 Å². The van der Waals surface area contributed by atoms with E-state index in [1.165, 1.54) is 0 Å². The molecule has 0 N–H and O–H groups in total. The maximum absolute atomic E-state index is 12.4. The summed E-state index contributed by atoms with van der Waals surface area (Å²) >= 11 is 0. The number of benzene rings is 1. The summed E-state index contributed by atoms with van der Waals surface area (Å²) < 4.78 is 0. The molecule has 0 aliphatic heterocycles. The van der Waals surface area contributed by atoms with Crippen LogP contribution >= 0.6 is 0 Å². The van der Waals surface area contributed by atoms with Gasteiger partial charge in [0.15, 0.2) is 5.78 Å². The molecule has 2 nitrogen and oxygen atoms in total. The zero-order valence-corrected chi connectivity index (χ0v) is 10.9. The highest BCUT2D eigenvalue weighted by molar-refractivity contribution is 6.03. The molecule has 2 aliphatic carbocycles. The molecule has 3 rings (SSSR count). The van der Waals surface area contributed by atoms with Gasteiger partial charge in [0.05, 0.1) is 11.6 Å². The summed E-state index contributed by atoms with van der Waals surface area (Å²) in [4.78, 5) is 12.4. The lowest BCUT2D eigenvalue weighted by Gasteiger charge is -2.40. The van der Waals surface area contributed by atoms with Gasteiger partial charge in [0.2, 0.25) is 0 Å². The zero-order valence-electron chi connectivity index (χ0n) is 10.9. The largest absolute Gasteiger partial charge is 0.294 e. The van der Waals surface area contributed by atoms with Crippen molar-refractivity contribution in [3.05, 3.63) is 34.9 Å². The van der Waals surface area contributed by atoms with E-state index in [-0.39, 0.29) is 11.3 Å². The fourth-order valence-electron chi connectivity index (χ4n) is 3.88. The third kappa shape index (κ3) is 1.43. The maximum atomic E-state index is 12.4. The number of nitriles is 1. The van der Waals surface area contributed by atoms with Gasteiger partial charge >= 0.3 is 0 Å². The van der Waals surface area contributed by atoms with Gasteiger partial charge in [0.1, 0.15) is 0 Å². The predicted molar refractivity (Wildman–Crippen MR) is 69.4 cm³/mol. The average Bonchev–Trinajstić information content (AvgIpc) is 2.63. The Balaban J connectivity index is 2.18. The van der Waals surface area contributed by atoms with E-state index in [0.29, 0.717) is 17.3 Å². The van der Waals surface area contributed by atoms with Crippen molar-refractivity contribution in [3.8, 4) is 6.07 Å². The number of carbonyl (C=O) groups is 1. The molecule has 2 aliphatic rings. The van der Waals surface area contributed by atoms with E-state index < -0.39 is 0 Å². The van der Waals surface area contributed by atoms with Crippen molar-refractivity contribution in [2.75, 3.05) is 0 Å². The number of nitrogens with zero attached hydrogens (tertiary/aromatic N) is 1. The third-order valence-corrected chi connectivity index (χ3v) is 4.70. The van der Waals surface area contributed by atoms with E-state index in [1.807, 2.05) is 12.1 Å². The molecule has 0 radical (unpaired) electrons. The van der Waals surface area contributed by atoms with Gasteiger partial charge in [-0.2, -0.15) is 5.26 Å². The molecule has 2 atom stereocenters. The summed E-state index contributed by atoms with van der Waals surface area (Å²) in [5, 5.41) is 9.03. The van der Waals surface area contributed by atoms with Crippen molar-refractivity contribution in [1.82, 2.24) is 0 Å². The Morgan fingerprint density at radius 2 is 2.17 bits per heavy atom. The second-order valence-corrected chi connectivity index (χ2v) is 6.24. The molecule has 1 aromatic carbocycles. The lowest BCUT2D eigenvalue weighted by Crippen LogP contribution is -2.32. The highest BCUT2D eigenvalue weighted by Crippen LogP contribution is 2.55. The van der Waals surface area contributed by atoms with Crippen molar-refractivity contribution in [1.29, 1.82) is 5.26 Å². The van der Waals surface area contributed by atoms with E-state index in [9.17, 15) is 4.79 Å². The highest BCUT2D eigenvalue weighted by Gasteiger charge is 2.48. The number of rotatable bonds is 0. The van der Waals surface area contributed by atoms with Gasteiger partial charge in [0.25, 0.3) is 0 Å². The quantitative estimate of drug-likeness (QED) is 0.693. The van der Waals surface area contributed by atoms with Crippen LogP contribution < -0.4 is 0 Å². The molecule has 1 fully saturated rings. The van der Waals surface area contributed by atoms with Gasteiger partial charge in [-0.25, -0.2) is 0 Å². The topological polar surface area (TPSA) is 40.9 Å². The fraction of sp³-hybridized carbons (Fsp3) is 0.500. The van der Waals surface area contributed by atoms with Crippen LogP contribution in [0.2, 0.25) is 0 Å². The van der Waals surface area contributed by atoms with Crippen LogP contribution in [-0.4, -0.2) is 5.78 Å². The van der Waals surface area contributed by atoms with Gasteiger partial charge in [-0.15, -0.1) is 0 Å². The first kappa shape index (κ1) is 11.5. The van der Waals surface area contributed by atoms with Gasteiger partial charge in [-0.1, -0.05) is 20.3 Å². The minimum Gasteiger partial charge on any atom is -0.294 e. The number of ketones is 1. The van der Waals surface area contributed by atoms with Crippen LogP contribution in [0.4, 0.5) is 0 Å². The normalized spacial score (nSPS) is 28.4. The van der Waals surface area contributed by atoms with Crippen LogP contribution in [-0.2, 0) is 0 Å².